The summed E-state index contributed by atoms with van der Waals surface area (Å²) < 4.78 is 12.3. The zero-order valence-electron chi connectivity index (χ0n) is 21.6. The number of carboxylic acids is 1. The van der Waals surface area contributed by atoms with E-state index in [0.29, 0.717) is 37.4 Å². The molecule has 0 saturated heterocycles. The van der Waals surface area contributed by atoms with Gasteiger partial charge in [0.25, 0.3) is 0 Å². The number of ether oxygens (including phenoxy) is 2. The molecule has 0 spiro atoms. The van der Waals surface area contributed by atoms with Crippen LogP contribution in [0.4, 0.5) is 4.79 Å². The number of carbonyl (C=O) groups is 2. The first-order valence-electron chi connectivity index (χ1n) is 13.1. The third-order valence-corrected chi connectivity index (χ3v) is 6.65. The SMILES string of the molecule is CCCCNC(=O)N(CCOC1CCCC(OCc2cccc(C)c2C(=O)O)C1)Cc1ccccc1. The zero-order chi connectivity index (χ0) is 25.8. The number of rotatable bonds is 13. The van der Waals surface area contributed by atoms with Gasteiger partial charge in [-0.15, -0.1) is 0 Å². The van der Waals surface area contributed by atoms with Crippen LogP contribution in [0.15, 0.2) is 48.5 Å². The van der Waals surface area contributed by atoms with E-state index in [2.05, 4.69) is 12.2 Å². The van der Waals surface area contributed by atoms with Crippen LogP contribution in [0.1, 0.15) is 72.5 Å². The Morgan fingerprint density at radius 1 is 1.06 bits per heavy atom. The first kappa shape index (κ1) is 27.7. The molecule has 196 valence electrons. The normalized spacial score (nSPS) is 17.5. The second-order valence-corrected chi connectivity index (χ2v) is 9.50. The number of aromatic carboxylic acids is 1. The van der Waals surface area contributed by atoms with Gasteiger partial charge >= 0.3 is 12.0 Å². The minimum Gasteiger partial charge on any atom is -0.478 e. The number of nitrogens with zero attached hydrogens (tertiary/aromatic N) is 1. The molecule has 1 fully saturated rings. The van der Waals surface area contributed by atoms with Crippen LogP contribution in [0.25, 0.3) is 0 Å². The van der Waals surface area contributed by atoms with Crippen LogP contribution in [0.3, 0.4) is 0 Å². The highest BCUT2D eigenvalue weighted by molar-refractivity contribution is 5.91. The highest BCUT2D eigenvalue weighted by atomic mass is 16.5. The molecule has 1 saturated carbocycles. The number of unbranched alkanes of at least 4 members (excludes halogenated alkanes) is 1. The molecule has 2 atom stereocenters. The third kappa shape index (κ3) is 8.64. The molecule has 36 heavy (non-hydrogen) atoms. The average molecular weight is 497 g/mol. The molecule has 0 aromatic heterocycles. The third-order valence-electron chi connectivity index (χ3n) is 6.65. The van der Waals surface area contributed by atoms with Gasteiger partial charge in [0.15, 0.2) is 0 Å². The van der Waals surface area contributed by atoms with Crippen LogP contribution in [0.5, 0.6) is 0 Å². The maximum absolute atomic E-state index is 12.8. The summed E-state index contributed by atoms with van der Waals surface area (Å²) in [4.78, 5) is 26.2. The summed E-state index contributed by atoms with van der Waals surface area (Å²) in [5, 5.41) is 12.6. The smallest absolute Gasteiger partial charge is 0.336 e. The number of urea groups is 1. The second-order valence-electron chi connectivity index (χ2n) is 9.50. The van der Waals surface area contributed by atoms with Gasteiger partial charge in [-0.1, -0.05) is 61.9 Å². The van der Waals surface area contributed by atoms with E-state index in [4.69, 9.17) is 9.47 Å². The molecule has 2 unspecified atom stereocenters. The van der Waals surface area contributed by atoms with Gasteiger partial charge in [-0.25, -0.2) is 9.59 Å². The summed E-state index contributed by atoms with van der Waals surface area (Å²) >= 11 is 0. The van der Waals surface area contributed by atoms with Crippen molar-refractivity contribution in [2.24, 2.45) is 0 Å². The van der Waals surface area contributed by atoms with Crippen molar-refractivity contribution in [3.05, 3.63) is 70.8 Å². The van der Waals surface area contributed by atoms with Gasteiger partial charge in [0.05, 0.1) is 31.0 Å². The summed E-state index contributed by atoms with van der Waals surface area (Å²) in [6.45, 7) is 6.39. The van der Waals surface area contributed by atoms with Crippen LogP contribution >= 0.6 is 0 Å². The Morgan fingerprint density at radius 2 is 1.81 bits per heavy atom. The van der Waals surface area contributed by atoms with Gasteiger partial charge in [-0.05, 0) is 55.7 Å². The summed E-state index contributed by atoms with van der Waals surface area (Å²) in [5.41, 5.74) is 2.87. The van der Waals surface area contributed by atoms with E-state index in [9.17, 15) is 14.7 Å². The largest absolute Gasteiger partial charge is 0.478 e. The number of carboxylic acid groups (broad SMARTS) is 1. The van der Waals surface area contributed by atoms with Gasteiger partial charge in [0.2, 0.25) is 0 Å². The van der Waals surface area contributed by atoms with Gasteiger partial charge in [-0.3, -0.25) is 0 Å². The van der Waals surface area contributed by atoms with Crippen molar-refractivity contribution in [1.82, 2.24) is 10.2 Å². The van der Waals surface area contributed by atoms with E-state index >= 15 is 0 Å². The van der Waals surface area contributed by atoms with Crippen LogP contribution in [0.2, 0.25) is 0 Å². The van der Waals surface area contributed by atoms with Crippen molar-refractivity contribution in [3.8, 4) is 0 Å². The Hall–Kier alpha value is -2.90. The molecule has 2 aromatic carbocycles. The topological polar surface area (TPSA) is 88.1 Å². The molecular formula is C29H40N2O5. The predicted octanol–water partition coefficient (Wildman–Crippen LogP) is 5.55. The molecule has 7 heteroatoms. The van der Waals surface area contributed by atoms with Gasteiger partial charge < -0.3 is 24.8 Å². The molecule has 7 nitrogen and oxygen atoms in total. The Labute approximate surface area is 214 Å². The first-order valence-corrected chi connectivity index (χ1v) is 13.1. The minimum atomic E-state index is -0.921. The molecule has 0 radical (unpaired) electrons. The van der Waals surface area contributed by atoms with E-state index in [1.807, 2.05) is 60.4 Å². The maximum Gasteiger partial charge on any atom is 0.336 e. The van der Waals surface area contributed by atoms with Crippen molar-refractivity contribution in [1.29, 1.82) is 0 Å². The fourth-order valence-electron chi connectivity index (χ4n) is 4.64. The number of aryl methyl sites for hydroxylation is 1. The summed E-state index contributed by atoms with van der Waals surface area (Å²) in [6.07, 6.45) is 5.77. The number of nitrogens with one attached hydrogen (secondary N) is 1. The molecule has 0 bridgehead atoms. The molecule has 2 aromatic rings. The van der Waals surface area contributed by atoms with E-state index < -0.39 is 5.97 Å². The van der Waals surface area contributed by atoms with Crippen LogP contribution in [0, 0.1) is 6.92 Å². The Balaban J connectivity index is 1.49. The fourth-order valence-corrected chi connectivity index (χ4v) is 4.64. The lowest BCUT2D eigenvalue weighted by Crippen LogP contribution is -2.42. The summed E-state index contributed by atoms with van der Waals surface area (Å²) in [6, 6.07) is 15.4. The fraction of sp³-hybridized carbons (Fsp3) is 0.517. The van der Waals surface area contributed by atoms with E-state index in [1.165, 1.54) is 0 Å². The van der Waals surface area contributed by atoms with Crippen molar-refractivity contribution < 1.29 is 24.2 Å². The lowest BCUT2D eigenvalue weighted by molar-refractivity contribution is -0.0526. The lowest BCUT2D eigenvalue weighted by atomic mass is 9.94. The summed E-state index contributed by atoms with van der Waals surface area (Å²) in [7, 11) is 0. The lowest BCUT2D eigenvalue weighted by Gasteiger charge is -2.30. The van der Waals surface area contributed by atoms with Gasteiger partial charge in [0.1, 0.15) is 0 Å². The number of hydrogen-bond acceptors (Lipinski definition) is 4. The monoisotopic (exact) mass is 496 g/mol. The van der Waals surface area contributed by atoms with Crippen LogP contribution in [-0.4, -0.2) is 53.9 Å². The first-order chi connectivity index (χ1) is 17.5. The van der Waals surface area contributed by atoms with Crippen LogP contribution in [-0.2, 0) is 22.6 Å². The van der Waals surface area contributed by atoms with Crippen molar-refractivity contribution in [2.45, 2.75) is 77.7 Å². The van der Waals surface area contributed by atoms with Crippen molar-refractivity contribution in [3.63, 3.8) is 0 Å². The Morgan fingerprint density at radius 3 is 2.53 bits per heavy atom. The molecule has 0 heterocycles. The summed E-state index contributed by atoms with van der Waals surface area (Å²) in [5.74, 6) is -0.921. The minimum absolute atomic E-state index is 0.0312. The zero-order valence-corrected chi connectivity index (χ0v) is 21.6. The average Bonchev–Trinajstić information content (AvgIpc) is 2.87. The molecule has 2 N–H and O–H groups in total. The van der Waals surface area contributed by atoms with Gasteiger partial charge in [0, 0.05) is 19.6 Å². The predicted molar refractivity (Wildman–Crippen MR) is 140 cm³/mol. The van der Waals surface area contributed by atoms with E-state index in [1.54, 1.807) is 0 Å². The van der Waals surface area contributed by atoms with Crippen LogP contribution < -0.4 is 5.32 Å². The highest BCUT2D eigenvalue weighted by Gasteiger charge is 2.24. The molecule has 1 aliphatic carbocycles. The Bertz CT molecular complexity index is 965. The quantitative estimate of drug-likeness (QED) is 0.355. The van der Waals surface area contributed by atoms with E-state index in [0.717, 1.165) is 49.7 Å². The molecule has 2 amide bonds. The van der Waals surface area contributed by atoms with E-state index in [-0.39, 0.29) is 24.8 Å². The Kier molecular flexibility index (Phi) is 11.2. The van der Waals surface area contributed by atoms with Crippen molar-refractivity contribution in [2.75, 3.05) is 19.7 Å². The number of amides is 2. The molecule has 3 rings (SSSR count). The van der Waals surface area contributed by atoms with Gasteiger partial charge in [-0.2, -0.15) is 0 Å². The second kappa shape index (κ2) is 14.6. The number of carbonyl (C=O) groups excluding carboxylic acids is 1. The molecule has 1 aliphatic rings. The standard InChI is InChI=1S/C29H40N2O5/c1-3-4-16-30-29(34)31(20-23-11-6-5-7-12-23)17-18-35-25-14-9-15-26(19-25)36-21-24-13-8-10-22(2)27(24)28(32)33/h5-8,10-13,25-26H,3-4,9,14-21H2,1-2H3,(H,30,34)(H,32,33). The van der Waals surface area contributed by atoms with Crippen molar-refractivity contribution >= 4 is 12.0 Å². The number of hydrogen-bond donors (Lipinski definition) is 2. The molecular weight excluding hydrogens is 456 g/mol. The highest BCUT2D eigenvalue weighted by Crippen LogP contribution is 2.25. The molecule has 0 aliphatic heterocycles. The maximum atomic E-state index is 12.8. The number of benzene rings is 2.